The maximum atomic E-state index is 12.0. The van der Waals surface area contributed by atoms with Crippen LogP contribution in [0.5, 0.6) is 0 Å². The lowest BCUT2D eigenvalue weighted by Gasteiger charge is -2.12. The summed E-state index contributed by atoms with van der Waals surface area (Å²) in [5, 5.41) is 4.76. The van der Waals surface area contributed by atoms with E-state index in [1.54, 1.807) is 18.2 Å². The molecule has 0 spiro atoms. The Kier molecular flexibility index (Phi) is 7.74. The van der Waals surface area contributed by atoms with Gasteiger partial charge in [0, 0.05) is 12.6 Å². The van der Waals surface area contributed by atoms with Gasteiger partial charge in [0.1, 0.15) is 0 Å². The molecule has 0 bridgehead atoms. The highest BCUT2D eigenvalue weighted by molar-refractivity contribution is 7.89. The zero-order valence-corrected chi connectivity index (χ0v) is 15.6. The van der Waals surface area contributed by atoms with Crippen LogP contribution >= 0.6 is 0 Å². The van der Waals surface area contributed by atoms with Gasteiger partial charge in [0.15, 0.2) is 6.61 Å². The summed E-state index contributed by atoms with van der Waals surface area (Å²) >= 11 is 0. The number of sulfonamides is 1. The smallest absolute Gasteiger partial charge is 0.321 e. The molecule has 0 saturated heterocycles. The van der Waals surface area contributed by atoms with Gasteiger partial charge in [-0.05, 0) is 25.0 Å². The summed E-state index contributed by atoms with van der Waals surface area (Å²) in [5.74, 6) is -1.50. The Morgan fingerprint density at radius 2 is 1.74 bits per heavy atom. The molecule has 3 amide bonds. The van der Waals surface area contributed by atoms with Gasteiger partial charge in [-0.3, -0.25) is 14.9 Å². The first-order chi connectivity index (χ1) is 12.9. The van der Waals surface area contributed by atoms with Gasteiger partial charge in [-0.25, -0.2) is 17.9 Å². The number of benzene rings is 1. The average molecular weight is 397 g/mol. The predicted molar refractivity (Wildman–Crippen MR) is 96.1 cm³/mol. The van der Waals surface area contributed by atoms with E-state index < -0.39 is 34.5 Å². The third-order valence-electron chi connectivity index (χ3n) is 3.98. The van der Waals surface area contributed by atoms with Gasteiger partial charge >= 0.3 is 12.0 Å². The highest BCUT2D eigenvalue weighted by Gasteiger charge is 2.19. The van der Waals surface area contributed by atoms with Gasteiger partial charge < -0.3 is 10.1 Å². The van der Waals surface area contributed by atoms with E-state index in [0.29, 0.717) is 0 Å². The molecule has 1 aliphatic carbocycles. The van der Waals surface area contributed by atoms with Gasteiger partial charge in [-0.2, -0.15) is 0 Å². The van der Waals surface area contributed by atoms with E-state index in [9.17, 15) is 22.8 Å². The molecule has 1 fully saturated rings. The number of urea groups is 1. The van der Waals surface area contributed by atoms with Gasteiger partial charge in [-0.1, -0.05) is 31.0 Å². The first-order valence-electron chi connectivity index (χ1n) is 8.67. The molecule has 2 rings (SSSR count). The Balaban J connectivity index is 1.62. The van der Waals surface area contributed by atoms with Crippen molar-refractivity contribution in [1.82, 2.24) is 15.4 Å². The van der Waals surface area contributed by atoms with E-state index >= 15 is 0 Å². The zero-order valence-electron chi connectivity index (χ0n) is 14.8. The average Bonchev–Trinajstić information content (AvgIpc) is 3.13. The summed E-state index contributed by atoms with van der Waals surface area (Å²) in [6.45, 7) is -0.776. The molecule has 0 aromatic heterocycles. The fraction of sp³-hybridized carbons (Fsp3) is 0.471. The third-order valence-corrected chi connectivity index (χ3v) is 5.46. The Bertz CT molecular complexity index is 760. The molecule has 27 heavy (non-hydrogen) atoms. The molecule has 0 aliphatic heterocycles. The Morgan fingerprint density at radius 1 is 1.07 bits per heavy atom. The lowest BCUT2D eigenvalue weighted by molar-refractivity contribution is -0.148. The van der Waals surface area contributed by atoms with Crippen LogP contribution in [0.1, 0.15) is 32.1 Å². The van der Waals surface area contributed by atoms with Crippen molar-refractivity contribution in [3.8, 4) is 0 Å². The van der Waals surface area contributed by atoms with Crippen molar-refractivity contribution in [2.45, 2.75) is 43.0 Å². The van der Waals surface area contributed by atoms with Gasteiger partial charge in [-0.15, -0.1) is 0 Å². The number of carbonyl (C=O) groups excluding carboxylic acids is 3. The fourth-order valence-electron chi connectivity index (χ4n) is 2.64. The second-order valence-electron chi connectivity index (χ2n) is 6.12. The second kappa shape index (κ2) is 10.0. The number of ether oxygens (including phenoxy) is 1. The van der Waals surface area contributed by atoms with Crippen LogP contribution in [0.4, 0.5) is 4.79 Å². The Labute approximate surface area is 157 Å². The summed E-state index contributed by atoms with van der Waals surface area (Å²) in [4.78, 5) is 34.9. The predicted octanol–water partition coefficient (Wildman–Crippen LogP) is 0.667. The third kappa shape index (κ3) is 7.35. The Hall–Kier alpha value is -2.46. The summed E-state index contributed by atoms with van der Waals surface area (Å²) in [6, 6.07) is 7.18. The molecule has 3 N–H and O–H groups in total. The van der Waals surface area contributed by atoms with Crippen molar-refractivity contribution >= 4 is 27.9 Å². The quantitative estimate of drug-likeness (QED) is 0.553. The summed E-state index contributed by atoms with van der Waals surface area (Å²) < 4.78 is 30.9. The van der Waals surface area contributed by atoms with Gasteiger partial charge in [0.25, 0.3) is 5.91 Å². The molecule has 0 heterocycles. The van der Waals surface area contributed by atoms with E-state index in [1.165, 1.54) is 12.1 Å². The SMILES string of the molecule is O=C(COC(=O)CCNS(=O)(=O)c1ccccc1)NC(=O)NC1CCCC1. The summed E-state index contributed by atoms with van der Waals surface area (Å²) in [7, 11) is -3.70. The first-order valence-corrected chi connectivity index (χ1v) is 10.2. The molecule has 0 radical (unpaired) electrons. The van der Waals surface area contributed by atoms with Crippen LogP contribution in [0.2, 0.25) is 0 Å². The lowest BCUT2D eigenvalue weighted by atomic mass is 10.2. The van der Waals surface area contributed by atoms with Gasteiger partial charge in [0.05, 0.1) is 11.3 Å². The maximum absolute atomic E-state index is 12.0. The van der Waals surface area contributed by atoms with E-state index in [2.05, 4.69) is 15.4 Å². The van der Waals surface area contributed by atoms with E-state index in [1.807, 2.05) is 0 Å². The minimum Gasteiger partial charge on any atom is -0.456 e. The van der Waals surface area contributed by atoms with Crippen molar-refractivity contribution in [3.05, 3.63) is 30.3 Å². The van der Waals surface area contributed by atoms with E-state index in [4.69, 9.17) is 4.74 Å². The number of amides is 3. The second-order valence-corrected chi connectivity index (χ2v) is 7.89. The number of esters is 1. The highest BCUT2D eigenvalue weighted by Crippen LogP contribution is 2.17. The number of imide groups is 1. The summed E-state index contributed by atoms with van der Waals surface area (Å²) in [5.41, 5.74) is 0. The topological polar surface area (TPSA) is 131 Å². The van der Waals surface area contributed by atoms with Crippen LogP contribution in [0.3, 0.4) is 0 Å². The zero-order chi connectivity index (χ0) is 19.7. The van der Waals surface area contributed by atoms with Crippen LogP contribution in [0.25, 0.3) is 0 Å². The monoisotopic (exact) mass is 397 g/mol. The van der Waals surface area contributed by atoms with Crippen LogP contribution in [0.15, 0.2) is 35.2 Å². The van der Waals surface area contributed by atoms with Crippen molar-refractivity contribution < 1.29 is 27.5 Å². The van der Waals surface area contributed by atoms with Crippen molar-refractivity contribution in [2.24, 2.45) is 0 Å². The van der Waals surface area contributed by atoms with Crippen LogP contribution in [0, 0.1) is 0 Å². The lowest BCUT2D eigenvalue weighted by Crippen LogP contribution is -2.45. The van der Waals surface area contributed by atoms with Crippen LogP contribution in [-0.2, 0) is 24.3 Å². The standard InChI is InChI=1S/C17H23N3O6S/c21-15(20-17(23)19-13-6-4-5-7-13)12-26-16(22)10-11-18-27(24,25)14-8-2-1-3-9-14/h1-3,8-9,13,18H,4-7,10-12H2,(H2,19,20,21,23). The molecule has 1 aliphatic rings. The molecule has 1 saturated carbocycles. The molecular formula is C17H23N3O6S. The van der Waals surface area contributed by atoms with Crippen molar-refractivity contribution in [3.63, 3.8) is 0 Å². The molecule has 1 aromatic carbocycles. The van der Waals surface area contributed by atoms with E-state index in [0.717, 1.165) is 25.7 Å². The van der Waals surface area contributed by atoms with E-state index in [-0.39, 0.29) is 23.9 Å². The number of hydrogen-bond donors (Lipinski definition) is 3. The summed E-state index contributed by atoms with van der Waals surface area (Å²) in [6.07, 6.45) is 3.62. The minimum atomic E-state index is -3.70. The largest absolute Gasteiger partial charge is 0.456 e. The van der Waals surface area contributed by atoms with Crippen LogP contribution in [-0.4, -0.2) is 45.5 Å². The molecular weight excluding hydrogens is 374 g/mol. The fourth-order valence-corrected chi connectivity index (χ4v) is 3.70. The van der Waals surface area contributed by atoms with Crippen LogP contribution < -0.4 is 15.4 Å². The molecule has 0 unspecified atom stereocenters. The van der Waals surface area contributed by atoms with Gasteiger partial charge in [0.2, 0.25) is 10.0 Å². The maximum Gasteiger partial charge on any atom is 0.321 e. The molecule has 1 aromatic rings. The minimum absolute atomic E-state index is 0.0676. The molecule has 148 valence electrons. The first kappa shape index (κ1) is 20.8. The number of carbonyl (C=O) groups is 3. The van der Waals surface area contributed by atoms with Crippen molar-refractivity contribution in [2.75, 3.05) is 13.2 Å². The highest BCUT2D eigenvalue weighted by atomic mass is 32.2. The molecule has 9 nitrogen and oxygen atoms in total. The normalized spacial score (nSPS) is 14.5. The van der Waals surface area contributed by atoms with Crippen molar-refractivity contribution in [1.29, 1.82) is 0 Å². The number of hydrogen-bond acceptors (Lipinski definition) is 6. The molecule has 10 heteroatoms. The number of nitrogens with one attached hydrogen (secondary N) is 3. The number of rotatable bonds is 8. The molecule has 0 atom stereocenters. The Morgan fingerprint density at radius 3 is 2.41 bits per heavy atom.